The highest BCUT2D eigenvalue weighted by Gasteiger charge is 2.11. The molecule has 31 heavy (non-hydrogen) atoms. The lowest BCUT2D eigenvalue weighted by atomic mass is 10.0. The highest BCUT2D eigenvalue weighted by atomic mass is 19.1. The summed E-state index contributed by atoms with van der Waals surface area (Å²) in [5.41, 5.74) is 1.89. The van der Waals surface area contributed by atoms with Gasteiger partial charge in [-0.3, -0.25) is 4.98 Å². The number of rotatable bonds is 5. The second-order valence-corrected chi connectivity index (χ2v) is 6.72. The van der Waals surface area contributed by atoms with Crippen molar-refractivity contribution in [3.05, 3.63) is 107 Å². The maximum Gasteiger partial charge on any atom is 0.132 e. The second kappa shape index (κ2) is 11.3. The largest absolute Gasteiger partial charge is 0.252 e. The van der Waals surface area contributed by atoms with Crippen molar-refractivity contribution in [3.63, 3.8) is 0 Å². The molecule has 0 aliphatic carbocycles. The zero-order chi connectivity index (χ0) is 23.0. The van der Waals surface area contributed by atoms with E-state index in [1.165, 1.54) is 0 Å². The molecule has 162 valence electrons. The molecule has 0 aliphatic heterocycles. The van der Waals surface area contributed by atoms with Crippen molar-refractivity contribution in [1.82, 2.24) is 4.98 Å². The first-order valence-corrected chi connectivity index (χ1v) is 10.1. The summed E-state index contributed by atoms with van der Waals surface area (Å²) in [6.07, 6.45) is 5.26. The van der Waals surface area contributed by atoms with Crippen LogP contribution in [0.5, 0.6) is 0 Å². The molecule has 0 fully saturated rings. The molecule has 0 radical (unpaired) electrons. The van der Waals surface area contributed by atoms with Crippen molar-refractivity contribution in [3.8, 4) is 11.3 Å². The van der Waals surface area contributed by atoms with E-state index >= 15 is 0 Å². The normalized spacial score (nSPS) is 12.5. The Kier molecular flexibility index (Phi) is 8.74. The van der Waals surface area contributed by atoms with Gasteiger partial charge >= 0.3 is 0 Å². The molecule has 0 bridgehead atoms. The molecule has 1 unspecified atom stereocenters. The molecular weight excluding hydrogens is 402 g/mol. The number of hydrogen-bond acceptors (Lipinski definition) is 1. The van der Waals surface area contributed by atoms with Crippen LogP contribution in [0.25, 0.3) is 16.8 Å². The minimum Gasteiger partial charge on any atom is -0.252 e. The third kappa shape index (κ3) is 6.38. The predicted octanol–water partition coefficient (Wildman–Crippen LogP) is 8.09. The van der Waals surface area contributed by atoms with E-state index in [1.54, 1.807) is 37.3 Å². The van der Waals surface area contributed by atoms with Gasteiger partial charge in [-0.05, 0) is 61.0 Å². The number of pyridine rings is 1. The molecule has 0 N–H and O–H groups in total. The Morgan fingerprint density at radius 2 is 1.52 bits per heavy atom. The zero-order valence-corrected chi connectivity index (χ0v) is 18.0. The van der Waals surface area contributed by atoms with Crippen molar-refractivity contribution in [2.75, 3.05) is 0 Å². The fourth-order valence-corrected chi connectivity index (χ4v) is 2.90. The first kappa shape index (κ1) is 24.1. The van der Waals surface area contributed by atoms with E-state index in [2.05, 4.69) is 4.98 Å². The smallest absolute Gasteiger partial charge is 0.132 e. The summed E-state index contributed by atoms with van der Waals surface area (Å²) >= 11 is 0. The quantitative estimate of drug-likeness (QED) is 0.296. The van der Waals surface area contributed by atoms with Gasteiger partial charge in [0.05, 0.1) is 5.69 Å². The van der Waals surface area contributed by atoms with Crippen LogP contribution in [-0.2, 0) is 0 Å². The van der Waals surface area contributed by atoms with Gasteiger partial charge in [-0.2, -0.15) is 0 Å². The molecule has 2 aromatic carbocycles. The topological polar surface area (TPSA) is 12.9 Å². The van der Waals surface area contributed by atoms with Crippen molar-refractivity contribution < 1.29 is 17.6 Å². The average molecular weight is 427 g/mol. The summed E-state index contributed by atoms with van der Waals surface area (Å²) in [6.45, 7) is 7.59. The number of benzene rings is 2. The summed E-state index contributed by atoms with van der Waals surface area (Å²) in [7, 11) is 0. The lowest BCUT2D eigenvalue weighted by Crippen LogP contribution is -1.97. The Labute approximate surface area is 180 Å². The molecule has 3 rings (SSSR count). The van der Waals surface area contributed by atoms with Crippen molar-refractivity contribution in [1.29, 1.82) is 0 Å². The van der Waals surface area contributed by atoms with Gasteiger partial charge in [-0.1, -0.05) is 45.1 Å². The second-order valence-electron chi connectivity index (χ2n) is 6.72. The van der Waals surface area contributed by atoms with E-state index in [0.717, 1.165) is 36.4 Å². The van der Waals surface area contributed by atoms with Gasteiger partial charge in [-0.15, -0.1) is 0 Å². The standard InChI is InChI=1S/C24H19F4N.C2H6/c1-15(19-13-17(25)9-11-21(19)27)5-3-6-16(2)23-7-4-8-24(29-23)20-14-18(26)10-12-22(20)28;1-2/h3-14,16H,1-2H3;1-2H3/b6-3-,15-5+;. The van der Waals surface area contributed by atoms with E-state index in [0.29, 0.717) is 17.0 Å². The molecule has 1 nitrogen and oxygen atoms in total. The molecule has 1 heterocycles. The fraction of sp³-hybridized carbons (Fsp3) is 0.192. The van der Waals surface area contributed by atoms with Crippen LogP contribution in [0, 0.1) is 23.3 Å². The van der Waals surface area contributed by atoms with Gasteiger partial charge in [0.2, 0.25) is 0 Å². The first-order valence-electron chi connectivity index (χ1n) is 10.1. The first-order chi connectivity index (χ1) is 14.8. The van der Waals surface area contributed by atoms with E-state index < -0.39 is 23.3 Å². The molecule has 0 saturated heterocycles. The van der Waals surface area contributed by atoms with Crippen LogP contribution < -0.4 is 0 Å². The Balaban J connectivity index is 0.00000166. The predicted molar refractivity (Wildman–Crippen MR) is 119 cm³/mol. The van der Waals surface area contributed by atoms with E-state index in [1.807, 2.05) is 26.8 Å². The van der Waals surface area contributed by atoms with Crippen LogP contribution in [0.1, 0.15) is 44.9 Å². The lowest BCUT2D eigenvalue weighted by Gasteiger charge is -2.09. The van der Waals surface area contributed by atoms with Crippen LogP contribution in [0.2, 0.25) is 0 Å². The van der Waals surface area contributed by atoms with Gasteiger partial charge < -0.3 is 0 Å². The molecule has 0 saturated carbocycles. The van der Waals surface area contributed by atoms with Gasteiger partial charge in [0.1, 0.15) is 23.3 Å². The van der Waals surface area contributed by atoms with Crippen LogP contribution in [-0.4, -0.2) is 4.98 Å². The van der Waals surface area contributed by atoms with Gasteiger partial charge in [0.25, 0.3) is 0 Å². The summed E-state index contributed by atoms with van der Waals surface area (Å²) in [5.74, 6) is -2.21. The van der Waals surface area contributed by atoms with Gasteiger partial charge in [0, 0.05) is 22.7 Å². The molecule has 0 spiro atoms. The highest BCUT2D eigenvalue weighted by molar-refractivity contribution is 5.65. The number of hydrogen-bond donors (Lipinski definition) is 0. The summed E-state index contributed by atoms with van der Waals surface area (Å²) < 4.78 is 54.7. The average Bonchev–Trinajstić information content (AvgIpc) is 2.78. The molecule has 0 aliphatic rings. The number of halogens is 4. The molecular formula is C26H25F4N. The third-order valence-corrected chi connectivity index (χ3v) is 4.54. The van der Waals surface area contributed by atoms with E-state index in [-0.39, 0.29) is 17.0 Å². The highest BCUT2D eigenvalue weighted by Crippen LogP contribution is 2.25. The molecule has 0 amide bonds. The maximum atomic E-state index is 14.0. The van der Waals surface area contributed by atoms with E-state index in [4.69, 9.17) is 0 Å². The van der Waals surface area contributed by atoms with E-state index in [9.17, 15) is 17.6 Å². The molecule has 3 aromatic rings. The molecule has 1 aromatic heterocycles. The monoisotopic (exact) mass is 427 g/mol. The van der Waals surface area contributed by atoms with Gasteiger partial charge in [0.15, 0.2) is 0 Å². The Hall–Kier alpha value is -3.21. The fourth-order valence-electron chi connectivity index (χ4n) is 2.90. The van der Waals surface area contributed by atoms with Gasteiger partial charge in [-0.25, -0.2) is 17.6 Å². The van der Waals surface area contributed by atoms with Crippen molar-refractivity contribution in [2.24, 2.45) is 0 Å². The lowest BCUT2D eigenvalue weighted by molar-refractivity contribution is 0.597. The van der Waals surface area contributed by atoms with Crippen LogP contribution in [0.4, 0.5) is 17.6 Å². The number of nitrogens with zero attached hydrogens (tertiary/aromatic N) is 1. The molecule has 5 heteroatoms. The molecule has 1 atom stereocenters. The minimum atomic E-state index is -0.546. The summed E-state index contributed by atoms with van der Waals surface area (Å²) in [6, 6.07) is 11.7. The van der Waals surface area contributed by atoms with Crippen LogP contribution >= 0.6 is 0 Å². The Morgan fingerprint density at radius 1 is 0.871 bits per heavy atom. The van der Waals surface area contributed by atoms with Crippen LogP contribution in [0.15, 0.2) is 72.8 Å². The Bertz CT molecular complexity index is 1090. The van der Waals surface area contributed by atoms with Crippen molar-refractivity contribution in [2.45, 2.75) is 33.6 Å². The maximum absolute atomic E-state index is 14.0. The van der Waals surface area contributed by atoms with Crippen molar-refractivity contribution >= 4 is 5.57 Å². The summed E-state index contributed by atoms with van der Waals surface area (Å²) in [4.78, 5) is 4.44. The number of aromatic nitrogens is 1. The number of allylic oxidation sites excluding steroid dienone is 4. The zero-order valence-electron chi connectivity index (χ0n) is 18.0. The summed E-state index contributed by atoms with van der Waals surface area (Å²) in [5, 5.41) is 0. The Morgan fingerprint density at radius 3 is 2.23 bits per heavy atom. The van der Waals surface area contributed by atoms with Crippen LogP contribution in [0.3, 0.4) is 0 Å². The minimum absolute atomic E-state index is 0.0975. The SMILES string of the molecule is C/C(=C\C=C/C(C)c1cccc(-c2cc(F)ccc2F)n1)c1cc(F)ccc1F.CC. The third-order valence-electron chi connectivity index (χ3n) is 4.54.